The van der Waals surface area contributed by atoms with Crippen LogP contribution in [0.15, 0.2) is 75.9 Å². The summed E-state index contributed by atoms with van der Waals surface area (Å²) in [5.74, 6) is 1.72. The first-order valence-electron chi connectivity index (χ1n) is 10.4. The number of methoxy groups -OCH3 is 1. The number of hydrogen-bond acceptors (Lipinski definition) is 4. The summed E-state index contributed by atoms with van der Waals surface area (Å²) in [5, 5.41) is 0.934. The molecule has 0 aliphatic carbocycles. The van der Waals surface area contributed by atoms with Gasteiger partial charge in [-0.2, -0.15) is 0 Å². The maximum absolute atomic E-state index is 12.3. The maximum Gasteiger partial charge on any atom is 0.336 e. The van der Waals surface area contributed by atoms with Crippen LogP contribution in [0, 0.1) is 6.92 Å². The second-order valence-corrected chi connectivity index (χ2v) is 7.92. The SMILES string of the molecule is COc1ccccc1C[NH+]1COc2c(cc3c(-c4ccccc4)cc(=O)oc3c2C)C1. The number of rotatable bonds is 4. The van der Waals surface area contributed by atoms with Gasteiger partial charge in [0.15, 0.2) is 0 Å². The Morgan fingerprint density at radius 3 is 2.61 bits per heavy atom. The Labute approximate surface area is 180 Å². The summed E-state index contributed by atoms with van der Waals surface area (Å²) in [4.78, 5) is 13.6. The molecule has 1 unspecified atom stereocenters. The van der Waals surface area contributed by atoms with Gasteiger partial charge in [0, 0.05) is 28.1 Å². The highest BCUT2D eigenvalue weighted by atomic mass is 16.5. The van der Waals surface area contributed by atoms with Gasteiger partial charge in [-0.3, -0.25) is 4.90 Å². The van der Waals surface area contributed by atoms with E-state index in [0.717, 1.165) is 57.8 Å². The second kappa shape index (κ2) is 7.93. The van der Waals surface area contributed by atoms with Crippen molar-refractivity contribution in [3.05, 3.63) is 93.8 Å². The molecule has 0 amide bonds. The van der Waals surface area contributed by atoms with E-state index in [9.17, 15) is 4.79 Å². The minimum Gasteiger partial charge on any atom is -0.496 e. The van der Waals surface area contributed by atoms with E-state index >= 15 is 0 Å². The largest absolute Gasteiger partial charge is 0.496 e. The van der Waals surface area contributed by atoms with Crippen molar-refractivity contribution < 1.29 is 18.8 Å². The Kier molecular flexibility index (Phi) is 4.96. The minimum absolute atomic E-state index is 0.353. The minimum atomic E-state index is -0.353. The third kappa shape index (κ3) is 3.57. The van der Waals surface area contributed by atoms with Gasteiger partial charge in [-0.15, -0.1) is 0 Å². The third-order valence-corrected chi connectivity index (χ3v) is 5.87. The monoisotopic (exact) mass is 414 g/mol. The Morgan fingerprint density at radius 2 is 1.81 bits per heavy atom. The molecule has 0 radical (unpaired) electrons. The number of hydrogen-bond donors (Lipinski definition) is 1. The van der Waals surface area contributed by atoms with Crippen molar-refractivity contribution in [2.45, 2.75) is 20.0 Å². The number of benzene rings is 3. The first kappa shape index (κ1) is 19.4. The normalized spacial score (nSPS) is 15.4. The van der Waals surface area contributed by atoms with Gasteiger partial charge >= 0.3 is 5.63 Å². The topological polar surface area (TPSA) is 53.1 Å². The van der Waals surface area contributed by atoms with Gasteiger partial charge in [0.1, 0.15) is 30.2 Å². The zero-order valence-corrected chi connectivity index (χ0v) is 17.6. The van der Waals surface area contributed by atoms with Gasteiger partial charge in [0.25, 0.3) is 0 Å². The van der Waals surface area contributed by atoms with Gasteiger partial charge in [0.2, 0.25) is 6.73 Å². The molecule has 0 spiro atoms. The smallest absolute Gasteiger partial charge is 0.336 e. The molecule has 5 nitrogen and oxygen atoms in total. The fraction of sp³-hybridized carbons (Fsp3) is 0.192. The van der Waals surface area contributed by atoms with Crippen LogP contribution in [0.4, 0.5) is 0 Å². The Morgan fingerprint density at radius 1 is 1.03 bits per heavy atom. The van der Waals surface area contributed by atoms with Crippen LogP contribution < -0.4 is 20.0 Å². The number of para-hydroxylation sites is 1. The fourth-order valence-electron chi connectivity index (χ4n) is 4.42. The molecule has 0 saturated carbocycles. The highest BCUT2D eigenvalue weighted by Crippen LogP contribution is 2.36. The molecule has 156 valence electrons. The van der Waals surface area contributed by atoms with Gasteiger partial charge in [0.05, 0.1) is 7.11 Å². The summed E-state index contributed by atoms with van der Waals surface area (Å²) in [6.07, 6.45) is 0. The standard InChI is InChI=1S/C26H23NO4/c1-17-25-20(15-27(16-30-25)14-19-10-6-7-11-23(19)29-2)12-22-21(13-24(28)31-26(17)22)18-8-4-3-5-9-18/h3-13H,14-16H2,1-2H3/p+1. The highest BCUT2D eigenvalue weighted by molar-refractivity contribution is 5.96. The van der Waals surface area contributed by atoms with Crippen molar-refractivity contribution in [1.82, 2.24) is 0 Å². The highest BCUT2D eigenvalue weighted by Gasteiger charge is 2.26. The van der Waals surface area contributed by atoms with Crippen LogP contribution in [-0.2, 0) is 13.1 Å². The molecule has 0 bridgehead atoms. The molecular weight excluding hydrogens is 390 g/mol. The maximum atomic E-state index is 12.3. The van der Waals surface area contributed by atoms with Gasteiger partial charge in [-0.1, -0.05) is 42.5 Å². The number of quaternary nitrogens is 1. The molecule has 2 heterocycles. The van der Waals surface area contributed by atoms with Crippen LogP contribution in [0.2, 0.25) is 0 Å². The van der Waals surface area contributed by atoms with E-state index in [4.69, 9.17) is 13.9 Å². The van der Waals surface area contributed by atoms with Gasteiger partial charge in [-0.25, -0.2) is 4.79 Å². The van der Waals surface area contributed by atoms with Crippen molar-refractivity contribution in [2.24, 2.45) is 0 Å². The van der Waals surface area contributed by atoms with E-state index in [1.807, 2.05) is 55.5 Å². The quantitative estimate of drug-likeness (QED) is 0.517. The lowest BCUT2D eigenvalue weighted by Crippen LogP contribution is -3.10. The summed E-state index contributed by atoms with van der Waals surface area (Å²) in [6, 6.07) is 21.7. The van der Waals surface area contributed by atoms with E-state index < -0.39 is 0 Å². The van der Waals surface area contributed by atoms with Crippen molar-refractivity contribution in [2.75, 3.05) is 13.8 Å². The molecule has 4 aromatic rings. The molecule has 31 heavy (non-hydrogen) atoms. The van der Waals surface area contributed by atoms with Crippen molar-refractivity contribution in [3.63, 3.8) is 0 Å². The van der Waals surface area contributed by atoms with Crippen LogP contribution in [0.3, 0.4) is 0 Å². The third-order valence-electron chi connectivity index (χ3n) is 5.87. The molecule has 0 saturated heterocycles. The molecule has 1 aliphatic heterocycles. The van der Waals surface area contributed by atoms with Crippen LogP contribution in [0.25, 0.3) is 22.1 Å². The Bertz CT molecular complexity index is 1310. The van der Waals surface area contributed by atoms with E-state index in [0.29, 0.717) is 12.3 Å². The zero-order chi connectivity index (χ0) is 21.4. The molecule has 3 aromatic carbocycles. The summed E-state index contributed by atoms with van der Waals surface area (Å²) >= 11 is 0. The molecule has 1 aromatic heterocycles. The lowest BCUT2D eigenvalue weighted by Gasteiger charge is -2.28. The van der Waals surface area contributed by atoms with Crippen LogP contribution >= 0.6 is 0 Å². The molecule has 1 aliphatic rings. The fourth-order valence-corrected chi connectivity index (χ4v) is 4.42. The van der Waals surface area contributed by atoms with Crippen molar-refractivity contribution in [1.29, 1.82) is 0 Å². The Balaban J connectivity index is 1.57. The lowest BCUT2D eigenvalue weighted by molar-refractivity contribution is -0.945. The van der Waals surface area contributed by atoms with Crippen molar-refractivity contribution in [3.8, 4) is 22.6 Å². The lowest BCUT2D eigenvalue weighted by atomic mass is 9.97. The summed E-state index contributed by atoms with van der Waals surface area (Å²) in [7, 11) is 1.70. The predicted molar refractivity (Wildman–Crippen MR) is 120 cm³/mol. The predicted octanol–water partition coefficient (Wildman–Crippen LogP) is 3.71. The molecule has 5 rings (SSSR count). The number of nitrogens with one attached hydrogen (secondary N) is 1. The van der Waals surface area contributed by atoms with Crippen LogP contribution in [0.5, 0.6) is 11.5 Å². The molecule has 0 fully saturated rings. The Hall–Kier alpha value is -3.57. The molecule has 5 heteroatoms. The number of fused-ring (bicyclic) bond motifs is 2. The van der Waals surface area contributed by atoms with E-state index in [-0.39, 0.29) is 5.63 Å². The van der Waals surface area contributed by atoms with Crippen LogP contribution in [0.1, 0.15) is 16.7 Å². The van der Waals surface area contributed by atoms with Crippen molar-refractivity contribution >= 4 is 11.0 Å². The van der Waals surface area contributed by atoms with Gasteiger partial charge in [-0.05, 0) is 36.2 Å². The first-order valence-corrected chi connectivity index (χ1v) is 10.4. The van der Waals surface area contributed by atoms with E-state index in [1.165, 1.54) is 4.90 Å². The van der Waals surface area contributed by atoms with Gasteiger partial charge < -0.3 is 13.9 Å². The summed E-state index contributed by atoms with van der Waals surface area (Å²) < 4.78 is 17.3. The second-order valence-electron chi connectivity index (χ2n) is 7.92. The average molecular weight is 414 g/mol. The van der Waals surface area contributed by atoms with Crippen LogP contribution in [-0.4, -0.2) is 13.8 Å². The summed E-state index contributed by atoms with van der Waals surface area (Å²) in [5.41, 5.74) is 5.27. The zero-order valence-electron chi connectivity index (χ0n) is 17.6. The summed E-state index contributed by atoms with van der Waals surface area (Å²) in [6.45, 7) is 4.12. The molecular formula is C26H24NO4+. The number of ether oxygens (including phenoxy) is 2. The molecule has 1 atom stereocenters. The first-order chi connectivity index (χ1) is 15.1. The van der Waals surface area contributed by atoms with E-state index in [1.54, 1.807) is 13.2 Å². The average Bonchev–Trinajstić information content (AvgIpc) is 2.80. The number of aryl methyl sites for hydroxylation is 1. The molecule has 1 N–H and O–H groups in total. The van der Waals surface area contributed by atoms with E-state index in [2.05, 4.69) is 12.1 Å².